The van der Waals surface area contributed by atoms with Crippen LogP contribution in [0.3, 0.4) is 0 Å². The van der Waals surface area contributed by atoms with E-state index in [2.05, 4.69) is 24.5 Å². The van der Waals surface area contributed by atoms with Crippen molar-refractivity contribution in [3.8, 4) is 0 Å². The third kappa shape index (κ3) is 7.95. The summed E-state index contributed by atoms with van der Waals surface area (Å²) in [7, 11) is 0. The minimum absolute atomic E-state index is 0.596. The molecule has 0 spiro atoms. The smallest absolute Gasteiger partial charge is 0.191 e. The highest BCUT2D eigenvalue weighted by molar-refractivity contribution is 5.79. The molecule has 2 unspecified atom stereocenters. The van der Waals surface area contributed by atoms with Crippen LogP contribution in [0.25, 0.3) is 0 Å². The minimum Gasteiger partial charge on any atom is -0.469 e. The standard InChI is InChI=1S/C20H35N3O2/c1-3-5-7-17(4-2)14-22-20(23-15-18-10-13-24-16-18)21-11-9-19-8-6-12-25-19/h6,8,12,17-18H,3-5,7,9-11,13-16H2,1-2H3,(H2,21,22,23). The molecule has 1 saturated heterocycles. The number of ether oxygens (including phenoxy) is 1. The van der Waals surface area contributed by atoms with Crippen molar-refractivity contribution in [3.63, 3.8) is 0 Å². The molecule has 1 aliphatic heterocycles. The van der Waals surface area contributed by atoms with Crippen LogP contribution in [0.2, 0.25) is 0 Å². The normalized spacial score (nSPS) is 19.1. The van der Waals surface area contributed by atoms with E-state index >= 15 is 0 Å². The van der Waals surface area contributed by atoms with E-state index in [0.29, 0.717) is 11.8 Å². The number of aliphatic imine (C=N–C) groups is 1. The van der Waals surface area contributed by atoms with Crippen molar-refractivity contribution in [2.45, 2.75) is 52.4 Å². The predicted molar refractivity (Wildman–Crippen MR) is 103 cm³/mol. The van der Waals surface area contributed by atoms with Gasteiger partial charge in [0.1, 0.15) is 5.76 Å². The molecule has 5 nitrogen and oxygen atoms in total. The Morgan fingerprint density at radius 2 is 2.28 bits per heavy atom. The molecule has 2 heterocycles. The van der Waals surface area contributed by atoms with Gasteiger partial charge in [-0.2, -0.15) is 0 Å². The van der Waals surface area contributed by atoms with Gasteiger partial charge in [-0.25, -0.2) is 0 Å². The van der Waals surface area contributed by atoms with Gasteiger partial charge in [0.2, 0.25) is 0 Å². The Morgan fingerprint density at radius 1 is 1.36 bits per heavy atom. The van der Waals surface area contributed by atoms with E-state index < -0.39 is 0 Å². The Balaban J connectivity index is 1.81. The van der Waals surface area contributed by atoms with Crippen LogP contribution in [0.5, 0.6) is 0 Å². The molecule has 0 amide bonds. The highest BCUT2D eigenvalue weighted by atomic mass is 16.5. The van der Waals surface area contributed by atoms with E-state index in [0.717, 1.165) is 57.4 Å². The zero-order valence-corrected chi connectivity index (χ0v) is 15.9. The number of nitrogens with one attached hydrogen (secondary N) is 2. The molecule has 1 aliphatic rings. The van der Waals surface area contributed by atoms with Gasteiger partial charge in [0, 0.05) is 38.6 Å². The second-order valence-electron chi connectivity index (χ2n) is 6.97. The van der Waals surface area contributed by atoms with Crippen LogP contribution in [-0.4, -0.2) is 38.8 Å². The van der Waals surface area contributed by atoms with Crippen molar-refractivity contribution in [2.75, 3.05) is 32.8 Å². The van der Waals surface area contributed by atoms with E-state index in [1.165, 1.54) is 25.7 Å². The molecule has 0 bridgehead atoms. The van der Waals surface area contributed by atoms with Crippen molar-refractivity contribution in [1.82, 2.24) is 10.6 Å². The summed E-state index contributed by atoms with van der Waals surface area (Å²) in [5.41, 5.74) is 0. The molecule has 1 aromatic rings. The van der Waals surface area contributed by atoms with Gasteiger partial charge in [-0.1, -0.05) is 33.1 Å². The fraction of sp³-hybridized carbons (Fsp3) is 0.750. The van der Waals surface area contributed by atoms with E-state index in [9.17, 15) is 0 Å². The Kier molecular flexibility index (Phi) is 9.49. The lowest BCUT2D eigenvalue weighted by atomic mass is 10.00. The largest absolute Gasteiger partial charge is 0.469 e. The third-order valence-electron chi connectivity index (χ3n) is 4.88. The second-order valence-corrected chi connectivity index (χ2v) is 6.97. The second kappa shape index (κ2) is 12.0. The molecule has 1 aromatic heterocycles. The Hall–Kier alpha value is -1.49. The SMILES string of the molecule is CCCCC(CC)CN=C(NCCc1ccco1)NCC1CCOC1. The molecule has 5 heteroatoms. The summed E-state index contributed by atoms with van der Waals surface area (Å²) >= 11 is 0. The molecule has 0 aliphatic carbocycles. The van der Waals surface area contributed by atoms with Crippen molar-refractivity contribution in [2.24, 2.45) is 16.8 Å². The average Bonchev–Trinajstić information content (AvgIpc) is 3.33. The van der Waals surface area contributed by atoms with Crippen LogP contribution in [0.15, 0.2) is 27.8 Å². The number of furan rings is 1. The van der Waals surface area contributed by atoms with E-state index in [-0.39, 0.29) is 0 Å². The molecule has 2 rings (SSSR count). The summed E-state index contributed by atoms with van der Waals surface area (Å²) < 4.78 is 10.9. The van der Waals surface area contributed by atoms with Gasteiger partial charge in [0.15, 0.2) is 5.96 Å². The summed E-state index contributed by atoms with van der Waals surface area (Å²) in [5, 5.41) is 6.96. The molecular formula is C20H35N3O2. The van der Waals surface area contributed by atoms with Crippen molar-refractivity contribution < 1.29 is 9.15 Å². The highest BCUT2D eigenvalue weighted by Crippen LogP contribution is 2.13. The number of hydrogen-bond donors (Lipinski definition) is 2. The number of unbranched alkanes of at least 4 members (excludes halogenated alkanes) is 1. The van der Waals surface area contributed by atoms with Crippen LogP contribution < -0.4 is 10.6 Å². The van der Waals surface area contributed by atoms with Gasteiger partial charge in [0.05, 0.1) is 12.9 Å². The fourth-order valence-electron chi connectivity index (χ4n) is 3.06. The van der Waals surface area contributed by atoms with Crippen LogP contribution in [0.1, 0.15) is 51.7 Å². The maximum atomic E-state index is 5.47. The zero-order chi connectivity index (χ0) is 17.7. The molecule has 142 valence electrons. The van der Waals surface area contributed by atoms with Crippen molar-refractivity contribution in [3.05, 3.63) is 24.2 Å². The van der Waals surface area contributed by atoms with E-state index in [1.54, 1.807) is 6.26 Å². The summed E-state index contributed by atoms with van der Waals surface area (Å²) in [6.45, 7) is 8.92. The lowest BCUT2D eigenvalue weighted by Gasteiger charge is -2.17. The maximum absolute atomic E-state index is 5.47. The van der Waals surface area contributed by atoms with Crippen LogP contribution in [0, 0.1) is 11.8 Å². The molecule has 0 radical (unpaired) electrons. The molecule has 1 fully saturated rings. The van der Waals surface area contributed by atoms with Crippen molar-refractivity contribution >= 4 is 5.96 Å². The molecule has 0 saturated carbocycles. The molecular weight excluding hydrogens is 314 g/mol. The number of nitrogens with zero attached hydrogens (tertiary/aromatic N) is 1. The predicted octanol–water partition coefficient (Wildman–Crippen LogP) is 3.61. The monoisotopic (exact) mass is 349 g/mol. The summed E-state index contributed by atoms with van der Waals surface area (Å²) in [5.74, 6) is 3.21. The van der Waals surface area contributed by atoms with Gasteiger partial charge >= 0.3 is 0 Å². The number of hydrogen-bond acceptors (Lipinski definition) is 3. The van der Waals surface area contributed by atoms with Crippen LogP contribution >= 0.6 is 0 Å². The Bertz CT molecular complexity index is 467. The average molecular weight is 350 g/mol. The molecule has 2 N–H and O–H groups in total. The van der Waals surface area contributed by atoms with E-state index in [4.69, 9.17) is 14.1 Å². The number of rotatable bonds is 11. The van der Waals surface area contributed by atoms with E-state index in [1.807, 2.05) is 12.1 Å². The van der Waals surface area contributed by atoms with Gasteiger partial charge in [-0.3, -0.25) is 4.99 Å². The molecule has 2 atom stereocenters. The third-order valence-corrected chi connectivity index (χ3v) is 4.88. The quantitative estimate of drug-likeness (QED) is 0.473. The fourth-order valence-corrected chi connectivity index (χ4v) is 3.06. The molecule has 25 heavy (non-hydrogen) atoms. The van der Waals surface area contributed by atoms with Crippen LogP contribution in [-0.2, 0) is 11.2 Å². The lowest BCUT2D eigenvalue weighted by molar-refractivity contribution is 0.186. The lowest BCUT2D eigenvalue weighted by Crippen LogP contribution is -2.41. The minimum atomic E-state index is 0.596. The molecule has 0 aromatic carbocycles. The Labute approximate surface area is 152 Å². The first-order chi connectivity index (χ1) is 12.3. The summed E-state index contributed by atoms with van der Waals surface area (Å²) in [6, 6.07) is 3.95. The van der Waals surface area contributed by atoms with Crippen LogP contribution in [0.4, 0.5) is 0 Å². The van der Waals surface area contributed by atoms with Gasteiger partial charge in [-0.05, 0) is 30.9 Å². The highest BCUT2D eigenvalue weighted by Gasteiger charge is 2.16. The number of guanidine groups is 1. The van der Waals surface area contributed by atoms with Gasteiger partial charge in [0.25, 0.3) is 0 Å². The Morgan fingerprint density at radius 3 is 2.96 bits per heavy atom. The summed E-state index contributed by atoms with van der Waals surface area (Å²) in [4.78, 5) is 4.85. The maximum Gasteiger partial charge on any atom is 0.191 e. The first-order valence-electron chi connectivity index (χ1n) is 9.94. The van der Waals surface area contributed by atoms with Gasteiger partial charge < -0.3 is 19.8 Å². The summed E-state index contributed by atoms with van der Waals surface area (Å²) in [6.07, 6.45) is 8.75. The zero-order valence-electron chi connectivity index (χ0n) is 15.9. The van der Waals surface area contributed by atoms with Gasteiger partial charge in [-0.15, -0.1) is 0 Å². The topological polar surface area (TPSA) is 58.8 Å². The first kappa shape index (κ1) is 19.8. The first-order valence-corrected chi connectivity index (χ1v) is 9.94. The van der Waals surface area contributed by atoms with Crippen molar-refractivity contribution in [1.29, 1.82) is 0 Å².